The van der Waals surface area contributed by atoms with Gasteiger partial charge in [-0.1, -0.05) is 6.42 Å². The number of carbonyl (C=O) groups is 2. The van der Waals surface area contributed by atoms with Crippen LogP contribution in [0.4, 0.5) is 10.5 Å². The molecule has 3 unspecified atom stereocenters. The van der Waals surface area contributed by atoms with Crippen LogP contribution in [-0.4, -0.2) is 28.6 Å². The number of fused-ring (bicyclic) bond motifs is 2. The monoisotopic (exact) mass is 289 g/mol. The predicted molar refractivity (Wildman–Crippen MR) is 77.2 cm³/mol. The molecular formula is C15H19N3O3. The maximum atomic E-state index is 11.8. The summed E-state index contributed by atoms with van der Waals surface area (Å²) in [4.78, 5) is 26.3. The Kier molecular flexibility index (Phi) is 3.77. The lowest BCUT2D eigenvalue weighted by Gasteiger charge is -2.21. The first-order valence-electron chi connectivity index (χ1n) is 7.36. The fraction of sp³-hybridized carbons (Fsp3) is 0.533. The van der Waals surface area contributed by atoms with Gasteiger partial charge >= 0.3 is 12.0 Å². The lowest BCUT2D eigenvalue weighted by molar-refractivity contribution is 0.0690. The average Bonchev–Trinajstić information content (AvgIpc) is 3.08. The van der Waals surface area contributed by atoms with Crippen LogP contribution in [-0.2, 0) is 0 Å². The minimum absolute atomic E-state index is 0.0389. The molecule has 0 spiro atoms. The van der Waals surface area contributed by atoms with Gasteiger partial charge < -0.3 is 15.7 Å². The molecule has 21 heavy (non-hydrogen) atoms. The van der Waals surface area contributed by atoms with E-state index >= 15 is 0 Å². The van der Waals surface area contributed by atoms with E-state index < -0.39 is 5.97 Å². The molecule has 0 aromatic carbocycles. The van der Waals surface area contributed by atoms with Gasteiger partial charge in [0.05, 0.1) is 11.9 Å². The van der Waals surface area contributed by atoms with E-state index in [1.54, 1.807) is 0 Å². The molecule has 1 aromatic rings. The zero-order valence-corrected chi connectivity index (χ0v) is 11.7. The number of amides is 2. The Morgan fingerprint density at radius 2 is 2.14 bits per heavy atom. The van der Waals surface area contributed by atoms with Gasteiger partial charge in [-0.05, 0) is 49.1 Å². The van der Waals surface area contributed by atoms with E-state index in [9.17, 15) is 9.59 Å². The van der Waals surface area contributed by atoms with Gasteiger partial charge in [0.25, 0.3) is 0 Å². The van der Waals surface area contributed by atoms with E-state index in [2.05, 4.69) is 15.6 Å². The Bertz CT molecular complexity index is 544. The van der Waals surface area contributed by atoms with Crippen molar-refractivity contribution >= 4 is 17.7 Å². The summed E-state index contributed by atoms with van der Waals surface area (Å²) in [5, 5.41) is 14.3. The van der Waals surface area contributed by atoms with Crippen molar-refractivity contribution in [1.82, 2.24) is 10.3 Å². The van der Waals surface area contributed by atoms with Gasteiger partial charge in [0, 0.05) is 6.54 Å². The van der Waals surface area contributed by atoms with E-state index in [1.807, 2.05) is 0 Å². The van der Waals surface area contributed by atoms with E-state index in [0.717, 1.165) is 11.8 Å². The van der Waals surface area contributed by atoms with Gasteiger partial charge in [-0.3, -0.25) is 0 Å². The average molecular weight is 289 g/mol. The largest absolute Gasteiger partial charge is 0.477 e. The van der Waals surface area contributed by atoms with Gasteiger partial charge in [0.2, 0.25) is 0 Å². The summed E-state index contributed by atoms with van der Waals surface area (Å²) in [6.45, 7) is 0.716. The number of carboxylic acid groups (broad SMARTS) is 1. The molecular weight excluding hydrogens is 270 g/mol. The third-order valence-electron chi connectivity index (χ3n) is 4.65. The second kappa shape index (κ2) is 5.71. The Labute approximate surface area is 123 Å². The smallest absolute Gasteiger partial charge is 0.354 e. The second-order valence-corrected chi connectivity index (χ2v) is 6.01. The number of hydrogen-bond donors (Lipinski definition) is 3. The standard InChI is InChI=1S/C15H19N3O3/c19-14(20)13-4-3-12(8-16-13)18-15(21)17-7-11-6-9-1-2-10(11)5-9/h3-4,8-11H,1-2,5-7H2,(H,19,20)(H2,17,18,21). The molecule has 0 radical (unpaired) electrons. The van der Waals surface area contributed by atoms with Crippen molar-refractivity contribution in [2.45, 2.75) is 25.7 Å². The minimum Gasteiger partial charge on any atom is -0.477 e. The maximum Gasteiger partial charge on any atom is 0.354 e. The van der Waals surface area contributed by atoms with Crippen molar-refractivity contribution in [3.63, 3.8) is 0 Å². The molecule has 2 aliphatic rings. The molecule has 6 heteroatoms. The van der Waals surface area contributed by atoms with Crippen LogP contribution in [0.3, 0.4) is 0 Å². The highest BCUT2D eigenvalue weighted by Gasteiger charge is 2.39. The second-order valence-electron chi connectivity index (χ2n) is 6.01. The third kappa shape index (κ3) is 3.15. The summed E-state index contributed by atoms with van der Waals surface area (Å²) in [5.74, 6) is 1.19. The van der Waals surface area contributed by atoms with Gasteiger partial charge in [-0.25, -0.2) is 14.6 Å². The van der Waals surface area contributed by atoms with Crippen molar-refractivity contribution in [3.8, 4) is 0 Å². The lowest BCUT2D eigenvalue weighted by atomic mass is 9.89. The quantitative estimate of drug-likeness (QED) is 0.793. The maximum absolute atomic E-state index is 11.8. The summed E-state index contributed by atoms with van der Waals surface area (Å²) in [6.07, 6.45) is 6.57. The third-order valence-corrected chi connectivity index (χ3v) is 4.65. The zero-order chi connectivity index (χ0) is 14.8. The molecule has 2 bridgehead atoms. The fourth-order valence-corrected chi connectivity index (χ4v) is 3.62. The topological polar surface area (TPSA) is 91.3 Å². The highest BCUT2D eigenvalue weighted by atomic mass is 16.4. The van der Waals surface area contributed by atoms with E-state index in [0.29, 0.717) is 18.2 Å². The molecule has 3 rings (SSSR count). The number of nitrogens with zero attached hydrogens (tertiary/aromatic N) is 1. The molecule has 3 atom stereocenters. The number of pyridine rings is 1. The van der Waals surface area contributed by atoms with Gasteiger partial charge in [-0.2, -0.15) is 0 Å². The summed E-state index contributed by atoms with van der Waals surface area (Å²) in [7, 11) is 0. The molecule has 0 aliphatic heterocycles. The number of aromatic carboxylic acids is 1. The van der Waals surface area contributed by atoms with E-state index in [1.165, 1.54) is 44.0 Å². The van der Waals surface area contributed by atoms with Crippen LogP contribution in [0.25, 0.3) is 0 Å². The molecule has 1 heterocycles. The molecule has 112 valence electrons. The van der Waals surface area contributed by atoms with Crippen LogP contribution < -0.4 is 10.6 Å². The Hall–Kier alpha value is -2.11. The first kappa shape index (κ1) is 13.9. The molecule has 2 saturated carbocycles. The molecule has 2 amide bonds. The SMILES string of the molecule is O=C(NCC1CC2CCC1C2)Nc1ccc(C(=O)O)nc1. The highest BCUT2D eigenvalue weighted by Crippen LogP contribution is 2.47. The number of aromatic nitrogens is 1. The number of carboxylic acids is 1. The first-order valence-corrected chi connectivity index (χ1v) is 7.36. The Morgan fingerprint density at radius 1 is 1.29 bits per heavy atom. The van der Waals surface area contributed by atoms with Crippen LogP contribution in [0.1, 0.15) is 36.2 Å². The molecule has 1 aromatic heterocycles. The zero-order valence-electron chi connectivity index (χ0n) is 11.7. The number of carbonyl (C=O) groups excluding carboxylic acids is 1. The van der Waals surface area contributed by atoms with Crippen LogP contribution in [0, 0.1) is 17.8 Å². The van der Waals surface area contributed by atoms with Crippen molar-refractivity contribution in [2.24, 2.45) is 17.8 Å². The van der Waals surface area contributed by atoms with Gasteiger partial charge in [0.1, 0.15) is 5.69 Å². The molecule has 3 N–H and O–H groups in total. The van der Waals surface area contributed by atoms with E-state index in [-0.39, 0.29) is 11.7 Å². The molecule has 2 aliphatic carbocycles. The Balaban J connectivity index is 1.46. The Morgan fingerprint density at radius 3 is 2.71 bits per heavy atom. The number of rotatable bonds is 4. The molecule has 2 fully saturated rings. The molecule has 6 nitrogen and oxygen atoms in total. The number of urea groups is 1. The van der Waals surface area contributed by atoms with Crippen molar-refractivity contribution in [3.05, 3.63) is 24.0 Å². The summed E-state index contributed by atoms with van der Waals surface area (Å²) < 4.78 is 0. The van der Waals surface area contributed by atoms with Crippen LogP contribution in [0.5, 0.6) is 0 Å². The first-order chi connectivity index (χ1) is 10.1. The van der Waals surface area contributed by atoms with Crippen LogP contribution in [0.15, 0.2) is 18.3 Å². The van der Waals surface area contributed by atoms with Gasteiger partial charge in [0.15, 0.2) is 0 Å². The fourth-order valence-electron chi connectivity index (χ4n) is 3.62. The predicted octanol–water partition coefficient (Wildman–Crippen LogP) is 2.34. The minimum atomic E-state index is -1.08. The number of nitrogens with one attached hydrogen (secondary N) is 2. The van der Waals surface area contributed by atoms with E-state index in [4.69, 9.17) is 5.11 Å². The van der Waals surface area contributed by atoms with Crippen LogP contribution >= 0.6 is 0 Å². The summed E-state index contributed by atoms with van der Waals surface area (Å²) in [5.41, 5.74) is 0.452. The number of hydrogen-bond acceptors (Lipinski definition) is 3. The van der Waals surface area contributed by atoms with Crippen molar-refractivity contribution in [1.29, 1.82) is 0 Å². The normalized spacial score (nSPS) is 26.6. The van der Waals surface area contributed by atoms with Crippen molar-refractivity contribution in [2.75, 3.05) is 11.9 Å². The van der Waals surface area contributed by atoms with Crippen molar-refractivity contribution < 1.29 is 14.7 Å². The van der Waals surface area contributed by atoms with Gasteiger partial charge in [-0.15, -0.1) is 0 Å². The number of anilines is 1. The lowest BCUT2D eigenvalue weighted by Crippen LogP contribution is -2.34. The van der Waals surface area contributed by atoms with Crippen LogP contribution in [0.2, 0.25) is 0 Å². The summed E-state index contributed by atoms with van der Waals surface area (Å²) >= 11 is 0. The summed E-state index contributed by atoms with van der Waals surface area (Å²) in [6, 6.07) is 2.64. The highest BCUT2D eigenvalue weighted by molar-refractivity contribution is 5.90. The molecule has 0 saturated heterocycles.